The van der Waals surface area contributed by atoms with Crippen molar-refractivity contribution >= 4 is 17.3 Å². The number of halogens is 1. The number of phenols is 1. The molecule has 0 bridgehead atoms. The molecular weight excluding hydrogens is 250 g/mol. The first-order chi connectivity index (χ1) is 8.70. The first-order valence-electron chi connectivity index (χ1n) is 5.60. The van der Waals surface area contributed by atoms with E-state index in [2.05, 4.69) is 5.32 Å². The minimum absolute atomic E-state index is 0.0118. The quantitative estimate of drug-likeness (QED) is 0.794. The van der Waals surface area contributed by atoms with Crippen LogP contribution in [0, 0.1) is 0 Å². The fraction of sp³-hybridized carbons (Fsp3) is 0.143. The summed E-state index contributed by atoms with van der Waals surface area (Å²) in [7, 11) is 0. The number of rotatable bonds is 4. The zero-order chi connectivity index (χ0) is 13.0. The number of aliphatic hydroxyl groups excluding tert-OH is 1. The van der Waals surface area contributed by atoms with Crippen molar-refractivity contribution in [2.45, 2.75) is 13.2 Å². The summed E-state index contributed by atoms with van der Waals surface area (Å²) < 4.78 is 0. The zero-order valence-corrected chi connectivity index (χ0v) is 10.5. The molecule has 0 aliphatic rings. The molecule has 2 rings (SSSR count). The van der Waals surface area contributed by atoms with E-state index in [1.807, 2.05) is 30.3 Å². The van der Waals surface area contributed by atoms with Crippen LogP contribution in [-0.4, -0.2) is 10.2 Å². The minimum Gasteiger partial charge on any atom is -0.506 e. The van der Waals surface area contributed by atoms with Gasteiger partial charge in [0.1, 0.15) is 5.75 Å². The Balaban J connectivity index is 2.09. The van der Waals surface area contributed by atoms with Crippen molar-refractivity contribution in [2.75, 3.05) is 5.32 Å². The molecule has 0 fully saturated rings. The van der Waals surface area contributed by atoms with Crippen LogP contribution in [0.4, 0.5) is 5.69 Å². The average Bonchev–Trinajstić information content (AvgIpc) is 2.41. The summed E-state index contributed by atoms with van der Waals surface area (Å²) in [6, 6.07) is 12.7. The lowest BCUT2D eigenvalue weighted by molar-refractivity contribution is 0.282. The second-order valence-electron chi connectivity index (χ2n) is 3.96. The van der Waals surface area contributed by atoms with Gasteiger partial charge in [-0.05, 0) is 23.8 Å². The highest BCUT2D eigenvalue weighted by Gasteiger charge is 2.04. The molecule has 0 saturated heterocycles. The van der Waals surface area contributed by atoms with Gasteiger partial charge < -0.3 is 15.5 Å². The predicted molar refractivity (Wildman–Crippen MR) is 72.8 cm³/mol. The molecule has 0 aromatic heterocycles. The van der Waals surface area contributed by atoms with E-state index in [9.17, 15) is 5.11 Å². The van der Waals surface area contributed by atoms with Gasteiger partial charge in [0.2, 0.25) is 0 Å². The van der Waals surface area contributed by atoms with Gasteiger partial charge in [-0.15, -0.1) is 0 Å². The molecule has 2 aromatic rings. The Morgan fingerprint density at radius 3 is 2.67 bits per heavy atom. The van der Waals surface area contributed by atoms with Gasteiger partial charge in [0.05, 0.1) is 11.6 Å². The average molecular weight is 264 g/mol. The maximum atomic E-state index is 9.76. The summed E-state index contributed by atoms with van der Waals surface area (Å²) in [4.78, 5) is 0. The molecule has 2 aromatic carbocycles. The highest BCUT2D eigenvalue weighted by Crippen LogP contribution is 2.27. The van der Waals surface area contributed by atoms with E-state index in [1.54, 1.807) is 12.1 Å². The maximum Gasteiger partial charge on any atom is 0.139 e. The third-order valence-electron chi connectivity index (χ3n) is 2.66. The van der Waals surface area contributed by atoms with E-state index in [0.717, 1.165) is 16.8 Å². The third kappa shape index (κ3) is 2.94. The van der Waals surface area contributed by atoms with Gasteiger partial charge in [0.15, 0.2) is 0 Å². The number of hydrogen-bond donors (Lipinski definition) is 3. The van der Waals surface area contributed by atoms with Crippen molar-refractivity contribution < 1.29 is 10.2 Å². The summed E-state index contributed by atoms with van der Waals surface area (Å²) in [6.45, 7) is 0.485. The van der Waals surface area contributed by atoms with E-state index < -0.39 is 0 Å². The largest absolute Gasteiger partial charge is 0.506 e. The molecule has 0 atom stereocenters. The van der Waals surface area contributed by atoms with Crippen molar-refractivity contribution in [1.29, 1.82) is 0 Å². The van der Waals surface area contributed by atoms with E-state index in [0.29, 0.717) is 11.6 Å². The Morgan fingerprint density at radius 2 is 1.89 bits per heavy atom. The summed E-state index contributed by atoms with van der Waals surface area (Å²) in [5.74, 6) is 0.102. The lowest BCUT2D eigenvalue weighted by Crippen LogP contribution is -2.00. The summed E-state index contributed by atoms with van der Waals surface area (Å²) in [6.07, 6.45) is 0. The Morgan fingerprint density at radius 1 is 1.11 bits per heavy atom. The van der Waals surface area contributed by atoms with Crippen LogP contribution in [0.1, 0.15) is 11.1 Å². The van der Waals surface area contributed by atoms with Gasteiger partial charge in [0.25, 0.3) is 0 Å². The first kappa shape index (κ1) is 12.7. The lowest BCUT2D eigenvalue weighted by Gasteiger charge is -2.09. The number of nitrogens with one attached hydrogen (secondary N) is 1. The molecule has 0 saturated carbocycles. The van der Waals surface area contributed by atoms with E-state index in [4.69, 9.17) is 16.7 Å². The molecule has 0 amide bonds. The Kier molecular flexibility index (Phi) is 4.07. The maximum absolute atomic E-state index is 9.76. The number of phenolic OH excluding ortho intramolecular Hbond substituents is 1. The van der Waals surface area contributed by atoms with Crippen LogP contribution < -0.4 is 5.32 Å². The highest BCUT2D eigenvalue weighted by molar-refractivity contribution is 6.32. The van der Waals surface area contributed by atoms with Crippen LogP contribution in [0.2, 0.25) is 5.02 Å². The fourth-order valence-corrected chi connectivity index (χ4v) is 1.87. The molecule has 0 aliphatic heterocycles. The third-order valence-corrected chi connectivity index (χ3v) is 2.97. The second-order valence-corrected chi connectivity index (χ2v) is 4.37. The highest BCUT2D eigenvalue weighted by atomic mass is 35.5. The molecular formula is C14H14ClNO2. The molecule has 4 heteroatoms. The number of hydrogen-bond acceptors (Lipinski definition) is 3. The number of aliphatic hydroxyl groups is 1. The zero-order valence-electron chi connectivity index (χ0n) is 9.73. The normalized spacial score (nSPS) is 10.3. The fourth-order valence-electron chi connectivity index (χ4n) is 1.68. The van der Waals surface area contributed by atoms with Gasteiger partial charge in [-0.3, -0.25) is 0 Å². The van der Waals surface area contributed by atoms with Crippen molar-refractivity contribution in [3.05, 3.63) is 58.6 Å². The Labute approximate surface area is 111 Å². The number of para-hydroxylation sites is 1. The minimum atomic E-state index is 0.0118. The Bertz CT molecular complexity index is 543. The smallest absolute Gasteiger partial charge is 0.139 e. The molecule has 0 heterocycles. The van der Waals surface area contributed by atoms with Gasteiger partial charge in [-0.1, -0.05) is 35.9 Å². The van der Waals surface area contributed by atoms with E-state index >= 15 is 0 Å². The Hall–Kier alpha value is -1.71. The van der Waals surface area contributed by atoms with Crippen LogP contribution in [0.15, 0.2) is 42.5 Å². The molecule has 0 aliphatic carbocycles. The SMILES string of the molecule is OCc1cccc(NCc2cccc(Cl)c2O)c1. The molecule has 0 unspecified atom stereocenters. The van der Waals surface area contributed by atoms with Crippen LogP contribution >= 0.6 is 11.6 Å². The van der Waals surface area contributed by atoms with Gasteiger partial charge in [-0.25, -0.2) is 0 Å². The standard InChI is InChI=1S/C14H14ClNO2/c15-13-6-2-4-11(14(13)18)8-16-12-5-1-3-10(7-12)9-17/h1-7,16-18H,8-9H2. The van der Waals surface area contributed by atoms with Crippen LogP contribution in [-0.2, 0) is 13.2 Å². The second kappa shape index (κ2) is 5.76. The van der Waals surface area contributed by atoms with Crippen molar-refractivity contribution in [1.82, 2.24) is 0 Å². The predicted octanol–water partition coefficient (Wildman–Crippen LogP) is 3.15. The summed E-state index contributed by atoms with van der Waals surface area (Å²) in [5.41, 5.74) is 2.47. The number of benzene rings is 2. The van der Waals surface area contributed by atoms with E-state index in [-0.39, 0.29) is 12.4 Å². The topological polar surface area (TPSA) is 52.5 Å². The molecule has 0 radical (unpaired) electrons. The van der Waals surface area contributed by atoms with Crippen LogP contribution in [0.5, 0.6) is 5.75 Å². The van der Waals surface area contributed by atoms with Crippen molar-refractivity contribution in [3.63, 3.8) is 0 Å². The molecule has 0 spiro atoms. The van der Waals surface area contributed by atoms with Gasteiger partial charge in [-0.2, -0.15) is 0 Å². The van der Waals surface area contributed by atoms with Crippen molar-refractivity contribution in [3.8, 4) is 5.75 Å². The van der Waals surface area contributed by atoms with Gasteiger partial charge in [0, 0.05) is 17.8 Å². The number of anilines is 1. The summed E-state index contributed by atoms with van der Waals surface area (Å²) >= 11 is 5.83. The van der Waals surface area contributed by atoms with Gasteiger partial charge >= 0.3 is 0 Å². The molecule has 3 N–H and O–H groups in total. The molecule has 94 valence electrons. The molecule has 3 nitrogen and oxygen atoms in total. The lowest BCUT2D eigenvalue weighted by atomic mass is 10.1. The first-order valence-corrected chi connectivity index (χ1v) is 5.98. The van der Waals surface area contributed by atoms with Crippen LogP contribution in [0.3, 0.4) is 0 Å². The number of aromatic hydroxyl groups is 1. The van der Waals surface area contributed by atoms with E-state index in [1.165, 1.54) is 0 Å². The summed E-state index contributed by atoms with van der Waals surface area (Å²) in [5, 5.41) is 22.3. The molecule has 18 heavy (non-hydrogen) atoms. The monoisotopic (exact) mass is 263 g/mol. The van der Waals surface area contributed by atoms with Crippen molar-refractivity contribution in [2.24, 2.45) is 0 Å². The van der Waals surface area contributed by atoms with Crippen LogP contribution in [0.25, 0.3) is 0 Å².